The average molecular weight is 297 g/mol. The molecule has 1 aromatic heterocycles. The lowest BCUT2D eigenvalue weighted by molar-refractivity contribution is 0.0689. The standard InChI is InChI=1S/C14H14ClFN2O2/c1-14(2,16)8-4-5-9(10(15)6-8)12-7-11(13(19)20)17-18(12)3/h4-7H,1-3H3,(H,19,20). The number of nitrogens with zero attached hydrogens (tertiary/aromatic N) is 2. The first-order valence-electron chi connectivity index (χ1n) is 5.97. The Balaban J connectivity index is 2.51. The number of halogens is 2. The highest BCUT2D eigenvalue weighted by Gasteiger charge is 2.21. The second kappa shape index (κ2) is 4.90. The van der Waals surface area contributed by atoms with Gasteiger partial charge in [0, 0.05) is 12.6 Å². The summed E-state index contributed by atoms with van der Waals surface area (Å²) in [5.41, 5.74) is 0.0963. The van der Waals surface area contributed by atoms with Crippen molar-refractivity contribution in [2.24, 2.45) is 7.05 Å². The van der Waals surface area contributed by atoms with E-state index in [1.807, 2.05) is 0 Å². The van der Waals surface area contributed by atoms with Gasteiger partial charge >= 0.3 is 5.97 Å². The normalized spacial score (nSPS) is 11.7. The van der Waals surface area contributed by atoms with Crippen LogP contribution >= 0.6 is 11.6 Å². The van der Waals surface area contributed by atoms with Crippen LogP contribution in [0.15, 0.2) is 24.3 Å². The maximum Gasteiger partial charge on any atom is 0.356 e. The Morgan fingerprint density at radius 2 is 2.05 bits per heavy atom. The molecule has 106 valence electrons. The highest BCUT2D eigenvalue weighted by atomic mass is 35.5. The van der Waals surface area contributed by atoms with E-state index in [1.165, 1.54) is 24.6 Å². The number of hydrogen-bond acceptors (Lipinski definition) is 2. The van der Waals surface area contributed by atoms with Crippen molar-refractivity contribution in [2.45, 2.75) is 19.5 Å². The SMILES string of the molecule is Cn1nc(C(=O)O)cc1-c1ccc(C(C)(C)F)cc1Cl. The van der Waals surface area contributed by atoms with Gasteiger partial charge in [-0.1, -0.05) is 23.7 Å². The molecule has 1 aromatic carbocycles. The second-order valence-corrected chi connectivity index (χ2v) is 5.42. The fraction of sp³-hybridized carbons (Fsp3) is 0.286. The summed E-state index contributed by atoms with van der Waals surface area (Å²) in [6.07, 6.45) is 0. The van der Waals surface area contributed by atoms with E-state index >= 15 is 0 Å². The minimum atomic E-state index is -1.49. The van der Waals surface area contributed by atoms with Crippen LogP contribution in [0, 0.1) is 0 Å². The molecule has 0 saturated heterocycles. The van der Waals surface area contributed by atoms with Gasteiger partial charge in [0.1, 0.15) is 5.67 Å². The van der Waals surface area contributed by atoms with E-state index in [2.05, 4.69) is 5.10 Å². The summed E-state index contributed by atoms with van der Waals surface area (Å²) >= 11 is 6.18. The van der Waals surface area contributed by atoms with Crippen LogP contribution in [-0.2, 0) is 12.7 Å². The number of rotatable bonds is 3. The fourth-order valence-corrected chi connectivity index (χ4v) is 2.19. The van der Waals surface area contributed by atoms with Crippen LogP contribution in [0.1, 0.15) is 29.9 Å². The Hall–Kier alpha value is -1.88. The van der Waals surface area contributed by atoms with Crippen molar-refractivity contribution in [3.63, 3.8) is 0 Å². The van der Waals surface area contributed by atoms with Gasteiger partial charge in [0.15, 0.2) is 5.69 Å². The summed E-state index contributed by atoms with van der Waals surface area (Å²) in [5, 5.41) is 13.2. The zero-order valence-corrected chi connectivity index (χ0v) is 12.1. The van der Waals surface area contributed by atoms with Crippen LogP contribution in [0.5, 0.6) is 0 Å². The van der Waals surface area contributed by atoms with Gasteiger partial charge < -0.3 is 5.11 Å². The Morgan fingerprint density at radius 1 is 1.40 bits per heavy atom. The molecule has 0 aliphatic carbocycles. The van der Waals surface area contributed by atoms with Crippen LogP contribution in [0.3, 0.4) is 0 Å². The highest BCUT2D eigenvalue weighted by molar-refractivity contribution is 6.33. The number of carboxylic acid groups (broad SMARTS) is 1. The van der Waals surface area contributed by atoms with E-state index in [9.17, 15) is 9.18 Å². The Kier molecular flexibility index (Phi) is 3.56. The summed E-state index contributed by atoms with van der Waals surface area (Å²) < 4.78 is 15.3. The molecule has 0 amide bonds. The van der Waals surface area contributed by atoms with Gasteiger partial charge in [-0.3, -0.25) is 4.68 Å². The molecule has 2 rings (SSSR count). The van der Waals surface area contributed by atoms with Crippen LogP contribution in [-0.4, -0.2) is 20.9 Å². The summed E-state index contributed by atoms with van der Waals surface area (Å²) in [6, 6.07) is 6.28. The minimum absolute atomic E-state index is 0.0616. The van der Waals surface area contributed by atoms with Crippen LogP contribution in [0.2, 0.25) is 5.02 Å². The Bertz CT molecular complexity index is 674. The van der Waals surface area contributed by atoms with Crippen molar-refractivity contribution in [3.8, 4) is 11.3 Å². The lowest BCUT2D eigenvalue weighted by Crippen LogP contribution is -2.08. The predicted octanol–water partition coefficient (Wildman–Crippen LogP) is 3.64. The average Bonchev–Trinajstić information content (AvgIpc) is 2.70. The molecule has 0 atom stereocenters. The molecule has 1 N–H and O–H groups in total. The van der Waals surface area contributed by atoms with Crippen molar-refractivity contribution in [2.75, 3.05) is 0 Å². The van der Waals surface area contributed by atoms with Gasteiger partial charge in [-0.15, -0.1) is 0 Å². The number of carboxylic acids is 1. The maximum absolute atomic E-state index is 13.9. The first-order chi connectivity index (χ1) is 9.20. The van der Waals surface area contributed by atoms with Crippen molar-refractivity contribution < 1.29 is 14.3 Å². The van der Waals surface area contributed by atoms with E-state index in [4.69, 9.17) is 16.7 Å². The van der Waals surface area contributed by atoms with Gasteiger partial charge in [0.05, 0.1) is 10.7 Å². The van der Waals surface area contributed by atoms with Gasteiger partial charge in [0.25, 0.3) is 0 Å². The summed E-state index contributed by atoms with van der Waals surface area (Å²) in [6.45, 7) is 2.90. The van der Waals surface area contributed by atoms with E-state index in [-0.39, 0.29) is 5.69 Å². The number of hydrogen-bond donors (Lipinski definition) is 1. The van der Waals surface area contributed by atoms with Crippen molar-refractivity contribution in [1.29, 1.82) is 0 Å². The minimum Gasteiger partial charge on any atom is -0.476 e. The molecule has 4 nitrogen and oxygen atoms in total. The number of benzene rings is 1. The summed E-state index contributed by atoms with van der Waals surface area (Å²) in [7, 11) is 1.63. The third kappa shape index (κ3) is 2.67. The molecule has 0 bridgehead atoms. The molecule has 0 radical (unpaired) electrons. The number of carbonyl (C=O) groups is 1. The molecule has 0 saturated carbocycles. The lowest BCUT2D eigenvalue weighted by atomic mass is 9.98. The molecule has 6 heteroatoms. The first-order valence-corrected chi connectivity index (χ1v) is 6.34. The highest BCUT2D eigenvalue weighted by Crippen LogP contribution is 2.33. The van der Waals surface area contributed by atoms with Gasteiger partial charge in [0.2, 0.25) is 0 Å². The van der Waals surface area contributed by atoms with Gasteiger partial charge in [-0.2, -0.15) is 5.10 Å². The first kappa shape index (κ1) is 14.5. The lowest BCUT2D eigenvalue weighted by Gasteiger charge is -2.16. The largest absolute Gasteiger partial charge is 0.476 e. The van der Waals surface area contributed by atoms with Gasteiger partial charge in [-0.05, 0) is 31.5 Å². The molecule has 0 fully saturated rings. The number of aromatic carboxylic acids is 1. The smallest absolute Gasteiger partial charge is 0.356 e. The van der Waals surface area contributed by atoms with E-state index < -0.39 is 11.6 Å². The molecule has 20 heavy (non-hydrogen) atoms. The summed E-state index contributed by atoms with van der Waals surface area (Å²) in [4.78, 5) is 10.9. The third-order valence-corrected chi connectivity index (χ3v) is 3.34. The van der Waals surface area contributed by atoms with Crippen molar-refractivity contribution >= 4 is 17.6 Å². The molecular formula is C14H14ClFN2O2. The Morgan fingerprint density at radius 3 is 2.50 bits per heavy atom. The molecular weight excluding hydrogens is 283 g/mol. The monoisotopic (exact) mass is 296 g/mol. The zero-order chi connectivity index (χ0) is 15.1. The zero-order valence-electron chi connectivity index (χ0n) is 11.3. The maximum atomic E-state index is 13.9. The van der Waals surface area contributed by atoms with E-state index in [1.54, 1.807) is 25.2 Å². The fourth-order valence-electron chi connectivity index (χ4n) is 1.92. The molecule has 0 aliphatic rings. The predicted molar refractivity (Wildman–Crippen MR) is 74.7 cm³/mol. The van der Waals surface area contributed by atoms with E-state index in [0.717, 1.165) is 0 Å². The number of aromatic nitrogens is 2. The molecule has 0 unspecified atom stereocenters. The van der Waals surface area contributed by atoms with Crippen molar-refractivity contribution in [1.82, 2.24) is 9.78 Å². The molecule has 2 aromatic rings. The topological polar surface area (TPSA) is 55.1 Å². The number of alkyl halides is 1. The van der Waals surface area contributed by atoms with Crippen LogP contribution in [0.25, 0.3) is 11.3 Å². The van der Waals surface area contributed by atoms with Crippen molar-refractivity contribution in [3.05, 3.63) is 40.5 Å². The number of aryl methyl sites for hydroxylation is 1. The molecule has 1 heterocycles. The molecule has 0 aliphatic heterocycles. The van der Waals surface area contributed by atoms with Crippen LogP contribution < -0.4 is 0 Å². The second-order valence-electron chi connectivity index (χ2n) is 5.01. The van der Waals surface area contributed by atoms with Gasteiger partial charge in [-0.25, -0.2) is 9.18 Å². The Labute approximate surface area is 120 Å². The van der Waals surface area contributed by atoms with E-state index in [0.29, 0.717) is 21.8 Å². The molecule has 0 spiro atoms. The third-order valence-electron chi connectivity index (χ3n) is 3.03. The quantitative estimate of drug-likeness (QED) is 0.940. The summed E-state index contributed by atoms with van der Waals surface area (Å²) in [5.74, 6) is -1.11. The van der Waals surface area contributed by atoms with Crippen LogP contribution in [0.4, 0.5) is 4.39 Å².